The summed E-state index contributed by atoms with van der Waals surface area (Å²) in [5.74, 6) is 0. The third-order valence-electron chi connectivity index (χ3n) is 1.02. The number of urea groups is 2. The predicted molar refractivity (Wildman–Crippen MR) is 48.1 cm³/mol. The second-order valence-electron chi connectivity index (χ2n) is 2.26. The van der Waals surface area contributed by atoms with E-state index in [4.69, 9.17) is 23.3 Å². The van der Waals surface area contributed by atoms with Gasteiger partial charge in [0.1, 0.15) is 12.7 Å². The molecule has 0 aromatic carbocycles. The molecule has 0 saturated carbocycles. The number of carbonyl (C=O) groups excluding carboxylic acids is 2. The van der Waals surface area contributed by atoms with E-state index in [9.17, 15) is 9.59 Å². The van der Waals surface area contributed by atoms with Crippen LogP contribution in [-0.2, 0) is 14.0 Å². The number of hydrogen-bond donors (Lipinski definition) is 4. The highest BCUT2D eigenvalue weighted by Gasteiger charge is 2.12. The Kier molecular flexibility index (Phi) is 7.36. The lowest BCUT2D eigenvalue weighted by Crippen LogP contribution is -2.39. The Balaban J connectivity index is 3.71. The van der Waals surface area contributed by atoms with Crippen molar-refractivity contribution < 1.29 is 23.6 Å². The molecule has 1 unspecified atom stereocenters. The molecule has 9 nitrogen and oxygen atoms in total. The van der Waals surface area contributed by atoms with E-state index >= 15 is 0 Å². The van der Waals surface area contributed by atoms with E-state index in [-0.39, 0.29) is 13.2 Å². The minimum atomic E-state index is -0.891. The molecule has 0 aliphatic heterocycles. The minimum absolute atomic E-state index is 0.0950. The van der Waals surface area contributed by atoms with Crippen molar-refractivity contribution in [1.29, 1.82) is 0 Å². The number of hydrogen-bond acceptors (Lipinski definition) is 5. The van der Waals surface area contributed by atoms with Crippen LogP contribution in [0.2, 0.25) is 0 Å². The quantitative estimate of drug-likeness (QED) is 0.412. The molecule has 0 spiro atoms. The van der Waals surface area contributed by atoms with E-state index < -0.39 is 18.2 Å². The molecule has 0 saturated heterocycles. The Labute approximate surface area is 90.0 Å². The molecule has 0 fully saturated rings. The Morgan fingerprint density at radius 3 is 2.27 bits per heavy atom. The number of rotatable bonds is 7. The van der Waals surface area contributed by atoms with Crippen LogP contribution in [0.1, 0.15) is 0 Å². The SMILES string of the molecule is NC(=O)NOCC(COCl)ONC(N)=O. The Morgan fingerprint density at radius 2 is 1.80 bits per heavy atom. The normalized spacial score (nSPS) is 11.8. The molecule has 1 atom stereocenters. The van der Waals surface area contributed by atoms with Gasteiger partial charge in [0.05, 0.1) is 18.5 Å². The second kappa shape index (κ2) is 8.05. The average Bonchev–Trinajstić information content (AvgIpc) is 2.13. The zero-order chi connectivity index (χ0) is 11.7. The van der Waals surface area contributed by atoms with Gasteiger partial charge >= 0.3 is 12.1 Å². The van der Waals surface area contributed by atoms with Crippen LogP contribution >= 0.6 is 11.9 Å². The summed E-state index contributed by atoms with van der Waals surface area (Å²) in [6.07, 6.45) is -0.748. The molecular formula is C5H11ClN4O5. The van der Waals surface area contributed by atoms with E-state index in [1.165, 1.54) is 0 Å². The summed E-state index contributed by atoms with van der Waals surface area (Å²) in [5, 5.41) is 0. The number of carbonyl (C=O) groups is 2. The van der Waals surface area contributed by atoms with Crippen molar-refractivity contribution in [3.8, 4) is 0 Å². The van der Waals surface area contributed by atoms with Gasteiger partial charge in [-0.15, -0.1) is 0 Å². The molecule has 6 N–H and O–H groups in total. The highest BCUT2D eigenvalue weighted by atomic mass is 35.5. The largest absolute Gasteiger partial charge is 0.350 e. The summed E-state index contributed by atoms with van der Waals surface area (Å²) in [4.78, 5) is 29.7. The van der Waals surface area contributed by atoms with Gasteiger partial charge in [-0.1, -0.05) is 0 Å². The number of nitrogens with two attached hydrogens (primary N) is 2. The van der Waals surface area contributed by atoms with Crippen molar-refractivity contribution in [2.24, 2.45) is 11.5 Å². The van der Waals surface area contributed by atoms with Gasteiger partial charge in [-0.25, -0.2) is 20.5 Å². The number of hydroxylamine groups is 2. The fraction of sp³-hybridized carbons (Fsp3) is 0.600. The lowest BCUT2D eigenvalue weighted by atomic mass is 10.4. The van der Waals surface area contributed by atoms with Crippen LogP contribution < -0.4 is 22.4 Å². The van der Waals surface area contributed by atoms with Gasteiger partial charge in [0.25, 0.3) is 0 Å². The van der Waals surface area contributed by atoms with E-state index in [0.29, 0.717) is 0 Å². The third kappa shape index (κ3) is 9.02. The molecule has 0 heterocycles. The van der Waals surface area contributed by atoms with Crippen LogP contribution in [0.3, 0.4) is 0 Å². The summed E-state index contributed by atoms with van der Waals surface area (Å²) < 4.78 is 4.22. The summed E-state index contributed by atoms with van der Waals surface area (Å²) in [6, 6.07) is -1.76. The number of primary amides is 2. The molecule has 15 heavy (non-hydrogen) atoms. The molecule has 0 bridgehead atoms. The Hall–Kier alpha value is -1.29. The van der Waals surface area contributed by atoms with E-state index in [1.807, 2.05) is 11.0 Å². The highest BCUT2D eigenvalue weighted by Crippen LogP contribution is 1.93. The molecule has 4 amide bonds. The zero-order valence-electron chi connectivity index (χ0n) is 7.57. The van der Waals surface area contributed by atoms with Crippen molar-refractivity contribution in [1.82, 2.24) is 11.0 Å². The van der Waals surface area contributed by atoms with Gasteiger partial charge < -0.3 is 11.5 Å². The topological polar surface area (TPSA) is 138 Å². The summed E-state index contributed by atoms with van der Waals surface area (Å²) in [7, 11) is 0. The van der Waals surface area contributed by atoms with Crippen LogP contribution in [0.15, 0.2) is 0 Å². The van der Waals surface area contributed by atoms with Crippen molar-refractivity contribution in [3.63, 3.8) is 0 Å². The van der Waals surface area contributed by atoms with Crippen molar-refractivity contribution >= 4 is 23.9 Å². The molecule has 88 valence electrons. The van der Waals surface area contributed by atoms with Gasteiger partial charge in [-0.2, -0.15) is 0 Å². The fourth-order valence-corrected chi connectivity index (χ4v) is 0.674. The van der Waals surface area contributed by atoms with E-state index in [1.54, 1.807) is 0 Å². The monoisotopic (exact) mass is 242 g/mol. The summed E-state index contributed by atoms with van der Waals surface area (Å²) in [6.45, 7) is -0.238. The van der Waals surface area contributed by atoms with E-state index in [0.717, 1.165) is 0 Å². The summed E-state index contributed by atoms with van der Waals surface area (Å²) >= 11 is 4.96. The first kappa shape index (κ1) is 13.7. The molecular weight excluding hydrogens is 232 g/mol. The molecule has 0 rings (SSSR count). The van der Waals surface area contributed by atoms with Crippen LogP contribution in [0.4, 0.5) is 9.59 Å². The minimum Gasteiger partial charge on any atom is -0.350 e. The highest BCUT2D eigenvalue weighted by molar-refractivity contribution is 6.07. The van der Waals surface area contributed by atoms with Crippen LogP contribution in [-0.4, -0.2) is 31.4 Å². The number of halogens is 1. The lowest BCUT2D eigenvalue weighted by molar-refractivity contribution is -0.0813. The summed E-state index contributed by atoms with van der Waals surface area (Å²) in [5.41, 5.74) is 13.1. The first-order valence-corrected chi connectivity index (χ1v) is 3.99. The zero-order valence-corrected chi connectivity index (χ0v) is 8.32. The third-order valence-corrected chi connectivity index (χ3v) is 1.14. The van der Waals surface area contributed by atoms with Gasteiger partial charge in [0.2, 0.25) is 0 Å². The van der Waals surface area contributed by atoms with Crippen molar-refractivity contribution in [3.05, 3.63) is 0 Å². The molecule has 0 aromatic heterocycles. The molecule has 0 aliphatic carbocycles. The second-order valence-corrected chi connectivity index (χ2v) is 2.48. The van der Waals surface area contributed by atoms with Crippen molar-refractivity contribution in [2.75, 3.05) is 13.2 Å². The lowest BCUT2D eigenvalue weighted by Gasteiger charge is -2.14. The molecule has 10 heteroatoms. The first-order chi connectivity index (χ1) is 7.06. The molecule has 0 aromatic rings. The fourth-order valence-electron chi connectivity index (χ4n) is 0.534. The van der Waals surface area contributed by atoms with Crippen LogP contribution in [0.25, 0.3) is 0 Å². The molecule has 0 radical (unpaired) electrons. The van der Waals surface area contributed by atoms with Crippen LogP contribution in [0, 0.1) is 0 Å². The standard InChI is InChI=1S/C5H11ClN4O5/c6-13-1-3(15-10-5(8)12)2-14-9-4(7)11/h3H,1-2H2,(H3,7,9,11)(H3,8,10,12). The number of amides is 4. The predicted octanol–water partition coefficient (Wildman–Crippen LogP) is -1.27. The maximum Gasteiger partial charge on any atom is 0.336 e. The Bertz CT molecular complexity index is 216. The maximum absolute atomic E-state index is 10.3. The van der Waals surface area contributed by atoms with Crippen LogP contribution in [0.5, 0.6) is 0 Å². The average molecular weight is 243 g/mol. The van der Waals surface area contributed by atoms with Gasteiger partial charge in [0.15, 0.2) is 0 Å². The first-order valence-electron chi connectivity index (χ1n) is 3.68. The maximum atomic E-state index is 10.3. The van der Waals surface area contributed by atoms with Gasteiger partial charge in [0, 0.05) is 0 Å². The van der Waals surface area contributed by atoms with Gasteiger partial charge in [-0.3, -0.25) is 14.0 Å². The molecule has 0 aliphatic rings. The van der Waals surface area contributed by atoms with Crippen molar-refractivity contribution in [2.45, 2.75) is 6.10 Å². The van der Waals surface area contributed by atoms with E-state index in [2.05, 4.69) is 14.0 Å². The number of nitrogens with one attached hydrogen (secondary N) is 2. The Morgan fingerprint density at radius 1 is 1.20 bits per heavy atom. The smallest absolute Gasteiger partial charge is 0.336 e. The van der Waals surface area contributed by atoms with Gasteiger partial charge in [-0.05, 0) is 0 Å².